The Balaban J connectivity index is 1.65. The van der Waals surface area contributed by atoms with E-state index in [0.717, 1.165) is 23.8 Å². The average molecular weight is 327 g/mol. The molecule has 4 rings (SSSR count). The Morgan fingerprint density at radius 3 is 3.17 bits per heavy atom. The van der Waals surface area contributed by atoms with Crippen molar-refractivity contribution < 1.29 is 9.53 Å². The van der Waals surface area contributed by atoms with Crippen LogP contribution in [0.2, 0.25) is 0 Å². The van der Waals surface area contributed by atoms with E-state index in [1.54, 1.807) is 18.0 Å². The molecule has 0 aromatic carbocycles. The molecule has 0 bridgehead atoms. The van der Waals surface area contributed by atoms with E-state index in [9.17, 15) is 4.79 Å². The second-order valence-corrected chi connectivity index (χ2v) is 5.67. The summed E-state index contributed by atoms with van der Waals surface area (Å²) in [4.78, 5) is 22.9. The number of nitrogens with one attached hydrogen (secondary N) is 1. The average Bonchev–Trinajstić information content (AvgIpc) is 3.23. The lowest BCUT2D eigenvalue weighted by Gasteiger charge is -2.25. The van der Waals surface area contributed by atoms with Gasteiger partial charge in [0.1, 0.15) is 6.33 Å². The van der Waals surface area contributed by atoms with Gasteiger partial charge in [0.15, 0.2) is 17.2 Å². The number of ether oxygens (including phenoxy) is 1. The van der Waals surface area contributed by atoms with Gasteiger partial charge in [0.25, 0.3) is 5.91 Å². The zero-order chi connectivity index (χ0) is 16.5. The molecule has 0 unspecified atom stereocenters. The molecule has 9 heteroatoms. The summed E-state index contributed by atoms with van der Waals surface area (Å²) >= 11 is 0. The number of fused-ring (bicyclic) bond motifs is 2. The van der Waals surface area contributed by atoms with Crippen LogP contribution < -0.4 is 0 Å². The molecule has 1 aliphatic heterocycles. The highest BCUT2D eigenvalue weighted by Gasteiger charge is 2.28. The fraction of sp³-hybridized carbons (Fsp3) is 0.400. The molecule has 3 aromatic heterocycles. The van der Waals surface area contributed by atoms with Gasteiger partial charge < -0.3 is 9.64 Å². The second kappa shape index (κ2) is 6.00. The molecular formula is C15H17N7O2. The number of nitrogens with zero attached hydrogens (tertiary/aromatic N) is 6. The van der Waals surface area contributed by atoms with Crippen LogP contribution in [0, 0.1) is 0 Å². The molecule has 0 atom stereocenters. The molecule has 4 heterocycles. The Labute approximate surface area is 137 Å². The normalized spacial score (nSPS) is 14.4. The molecule has 0 spiro atoms. The number of amides is 1. The van der Waals surface area contributed by atoms with Crippen LogP contribution in [0.25, 0.3) is 16.9 Å². The summed E-state index contributed by atoms with van der Waals surface area (Å²) in [5, 5.41) is 12.0. The van der Waals surface area contributed by atoms with Crippen LogP contribution in [0.15, 0.2) is 18.7 Å². The van der Waals surface area contributed by atoms with Crippen LogP contribution >= 0.6 is 0 Å². The molecule has 9 nitrogen and oxygen atoms in total. The second-order valence-electron chi connectivity index (χ2n) is 5.67. The van der Waals surface area contributed by atoms with Crippen molar-refractivity contribution in [2.24, 2.45) is 0 Å². The van der Waals surface area contributed by atoms with E-state index in [2.05, 4.69) is 25.3 Å². The van der Waals surface area contributed by atoms with Crippen LogP contribution in [0.1, 0.15) is 22.5 Å². The molecule has 0 saturated carbocycles. The largest absolute Gasteiger partial charge is 0.385 e. The minimum absolute atomic E-state index is 0.0383. The fourth-order valence-corrected chi connectivity index (χ4v) is 2.94. The first-order valence-corrected chi connectivity index (χ1v) is 7.79. The summed E-state index contributed by atoms with van der Waals surface area (Å²) in [5.41, 5.74) is 2.08. The number of aromatic nitrogens is 6. The molecule has 0 aliphatic carbocycles. The van der Waals surface area contributed by atoms with E-state index in [0.29, 0.717) is 36.9 Å². The number of carbonyl (C=O) groups is 1. The monoisotopic (exact) mass is 327 g/mol. The maximum absolute atomic E-state index is 12.6. The van der Waals surface area contributed by atoms with Crippen molar-refractivity contribution in [1.82, 2.24) is 34.8 Å². The molecule has 1 aliphatic rings. The van der Waals surface area contributed by atoms with E-state index in [-0.39, 0.29) is 5.91 Å². The summed E-state index contributed by atoms with van der Waals surface area (Å²) in [7, 11) is 1.66. The van der Waals surface area contributed by atoms with Crippen LogP contribution in [0.3, 0.4) is 0 Å². The van der Waals surface area contributed by atoms with Crippen LogP contribution in [0.5, 0.6) is 0 Å². The van der Waals surface area contributed by atoms with Gasteiger partial charge in [0, 0.05) is 38.6 Å². The van der Waals surface area contributed by atoms with E-state index in [1.807, 2.05) is 11.1 Å². The predicted molar refractivity (Wildman–Crippen MR) is 84.9 cm³/mol. The summed E-state index contributed by atoms with van der Waals surface area (Å²) in [6.45, 7) is 2.02. The maximum Gasteiger partial charge on any atom is 0.274 e. The third-order valence-electron chi connectivity index (χ3n) is 4.15. The SMILES string of the molecule is COCCCN1CCc2cn(-c3ncnc4[nH]ncc34)nc2C1=O. The van der Waals surface area contributed by atoms with Gasteiger partial charge in [-0.1, -0.05) is 0 Å². The lowest BCUT2D eigenvalue weighted by Crippen LogP contribution is -2.38. The Hall–Kier alpha value is -2.81. The summed E-state index contributed by atoms with van der Waals surface area (Å²) in [6.07, 6.45) is 6.58. The number of aromatic amines is 1. The van der Waals surface area contributed by atoms with Crippen molar-refractivity contribution in [3.8, 4) is 5.82 Å². The van der Waals surface area contributed by atoms with Crippen molar-refractivity contribution in [2.75, 3.05) is 26.8 Å². The molecule has 1 amide bonds. The Bertz CT molecular complexity index is 885. The van der Waals surface area contributed by atoms with Gasteiger partial charge in [-0.2, -0.15) is 10.2 Å². The van der Waals surface area contributed by atoms with Crippen LogP contribution in [0.4, 0.5) is 0 Å². The lowest BCUT2D eigenvalue weighted by molar-refractivity contribution is 0.0714. The molecule has 24 heavy (non-hydrogen) atoms. The van der Waals surface area contributed by atoms with Crippen molar-refractivity contribution in [1.29, 1.82) is 0 Å². The number of hydrogen-bond donors (Lipinski definition) is 1. The summed E-state index contributed by atoms with van der Waals surface area (Å²) in [6, 6.07) is 0. The number of hydrogen-bond acceptors (Lipinski definition) is 6. The Morgan fingerprint density at radius 1 is 1.38 bits per heavy atom. The van der Waals surface area contributed by atoms with E-state index in [1.165, 1.54) is 6.33 Å². The van der Waals surface area contributed by atoms with Gasteiger partial charge in [-0.25, -0.2) is 14.6 Å². The fourth-order valence-electron chi connectivity index (χ4n) is 2.94. The molecule has 3 aromatic rings. The standard InChI is InChI=1S/C15H17N7O2/c1-24-6-2-4-21-5-3-10-8-22(20-12(10)15(21)23)14-11-7-18-19-13(11)16-9-17-14/h7-9H,2-6H2,1H3,(H,16,17,18,19). The highest BCUT2D eigenvalue weighted by molar-refractivity contribution is 5.95. The molecule has 0 fully saturated rings. The molecule has 0 radical (unpaired) electrons. The smallest absolute Gasteiger partial charge is 0.274 e. The Morgan fingerprint density at radius 2 is 2.29 bits per heavy atom. The minimum atomic E-state index is -0.0383. The van der Waals surface area contributed by atoms with E-state index in [4.69, 9.17) is 4.74 Å². The number of methoxy groups -OCH3 is 1. The first-order chi connectivity index (χ1) is 11.8. The highest BCUT2D eigenvalue weighted by Crippen LogP contribution is 2.21. The van der Waals surface area contributed by atoms with Gasteiger partial charge in [-0.15, -0.1) is 0 Å². The van der Waals surface area contributed by atoms with Gasteiger partial charge >= 0.3 is 0 Å². The summed E-state index contributed by atoms with van der Waals surface area (Å²) in [5.74, 6) is 0.575. The zero-order valence-electron chi connectivity index (χ0n) is 13.3. The first-order valence-electron chi connectivity index (χ1n) is 7.79. The molecule has 0 saturated heterocycles. The number of H-pyrrole nitrogens is 1. The third kappa shape index (κ3) is 2.42. The highest BCUT2D eigenvalue weighted by atomic mass is 16.5. The van der Waals surface area contributed by atoms with Gasteiger partial charge in [0.05, 0.1) is 11.6 Å². The van der Waals surface area contributed by atoms with Gasteiger partial charge in [0.2, 0.25) is 0 Å². The summed E-state index contributed by atoms with van der Waals surface area (Å²) < 4.78 is 6.69. The minimum Gasteiger partial charge on any atom is -0.385 e. The topological polar surface area (TPSA) is 102 Å². The van der Waals surface area contributed by atoms with E-state index < -0.39 is 0 Å². The van der Waals surface area contributed by atoms with Gasteiger partial charge in [-0.3, -0.25) is 9.89 Å². The lowest BCUT2D eigenvalue weighted by atomic mass is 10.1. The van der Waals surface area contributed by atoms with E-state index >= 15 is 0 Å². The van der Waals surface area contributed by atoms with Crippen molar-refractivity contribution in [3.05, 3.63) is 30.0 Å². The van der Waals surface area contributed by atoms with Crippen molar-refractivity contribution in [3.63, 3.8) is 0 Å². The van der Waals surface area contributed by atoms with Gasteiger partial charge in [-0.05, 0) is 12.8 Å². The first kappa shape index (κ1) is 14.8. The number of rotatable bonds is 5. The third-order valence-corrected chi connectivity index (χ3v) is 4.15. The van der Waals surface area contributed by atoms with Crippen molar-refractivity contribution >= 4 is 16.9 Å². The molecule has 1 N–H and O–H groups in total. The predicted octanol–water partition coefficient (Wildman–Crippen LogP) is 0.573. The Kier molecular flexibility index (Phi) is 3.69. The zero-order valence-corrected chi connectivity index (χ0v) is 13.3. The number of carbonyl (C=O) groups excluding carboxylic acids is 1. The molecular weight excluding hydrogens is 310 g/mol. The van der Waals surface area contributed by atoms with Crippen molar-refractivity contribution in [2.45, 2.75) is 12.8 Å². The quantitative estimate of drug-likeness (QED) is 0.688. The van der Waals surface area contributed by atoms with Crippen LogP contribution in [-0.2, 0) is 11.2 Å². The van der Waals surface area contributed by atoms with Crippen LogP contribution in [-0.4, -0.2) is 67.6 Å². The molecule has 124 valence electrons. The maximum atomic E-state index is 12.6.